The van der Waals surface area contributed by atoms with E-state index in [4.69, 9.17) is 4.74 Å². The Morgan fingerprint density at radius 1 is 1.09 bits per heavy atom. The summed E-state index contributed by atoms with van der Waals surface area (Å²) in [7, 11) is 4.13. The van der Waals surface area contributed by atoms with Crippen LogP contribution in [0.15, 0.2) is 42.9 Å². The Balaban J connectivity index is 1.36. The molecule has 0 amide bonds. The van der Waals surface area contributed by atoms with E-state index in [1.165, 1.54) is 24.1 Å². The van der Waals surface area contributed by atoms with Crippen molar-refractivity contribution < 1.29 is 4.74 Å². The van der Waals surface area contributed by atoms with Crippen LogP contribution in [0.25, 0.3) is 11.0 Å². The van der Waals surface area contributed by atoms with Crippen molar-refractivity contribution in [3.8, 4) is 5.75 Å². The molecular formula is C27H39N5O. The fraction of sp³-hybridized carbons (Fsp3) is 0.556. The quantitative estimate of drug-likeness (QED) is 0.494. The van der Waals surface area contributed by atoms with Crippen LogP contribution in [0.3, 0.4) is 0 Å². The predicted octanol–water partition coefficient (Wildman–Crippen LogP) is 4.80. The Morgan fingerprint density at radius 2 is 1.82 bits per heavy atom. The van der Waals surface area contributed by atoms with E-state index in [9.17, 15) is 0 Å². The van der Waals surface area contributed by atoms with E-state index in [0.29, 0.717) is 5.92 Å². The van der Waals surface area contributed by atoms with Crippen LogP contribution in [0.1, 0.15) is 50.8 Å². The van der Waals surface area contributed by atoms with Crippen molar-refractivity contribution in [3.05, 3.63) is 54.1 Å². The number of likely N-dealkylation sites (tertiary alicyclic amines) is 1. The summed E-state index contributed by atoms with van der Waals surface area (Å²) in [6.45, 7) is 12.7. The van der Waals surface area contributed by atoms with Gasteiger partial charge in [-0.05, 0) is 75.1 Å². The Kier molecular flexibility index (Phi) is 7.35. The van der Waals surface area contributed by atoms with Gasteiger partial charge in [-0.15, -0.1) is 0 Å². The summed E-state index contributed by atoms with van der Waals surface area (Å²) in [4.78, 5) is 13.6. The second kappa shape index (κ2) is 10.2. The van der Waals surface area contributed by atoms with E-state index < -0.39 is 0 Å². The Labute approximate surface area is 198 Å². The molecule has 0 saturated carbocycles. The summed E-state index contributed by atoms with van der Waals surface area (Å²) in [6, 6.07) is 11.0. The molecule has 1 aliphatic heterocycles. The van der Waals surface area contributed by atoms with Gasteiger partial charge in [0.1, 0.15) is 24.3 Å². The first-order chi connectivity index (χ1) is 15.8. The lowest BCUT2D eigenvalue weighted by atomic mass is 9.89. The zero-order valence-corrected chi connectivity index (χ0v) is 20.9. The first-order valence-electron chi connectivity index (χ1n) is 12.2. The minimum atomic E-state index is 0.195. The molecule has 0 N–H and O–H groups in total. The molecule has 1 aliphatic rings. The maximum Gasteiger partial charge on any atom is 0.143 e. The molecule has 0 unspecified atom stereocenters. The lowest BCUT2D eigenvalue weighted by Crippen LogP contribution is -2.33. The minimum absolute atomic E-state index is 0.195. The SMILES string of the molecule is CN(C)CCOc1ccc(C2CCN(Cc3cc4cncnc4n3CC(C)(C)C)CC2)cc1. The lowest BCUT2D eigenvalue weighted by Gasteiger charge is -2.33. The number of aromatic nitrogens is 3. The van der Waals surface area contributed by atoms with Crippen LogP contribution in [-0.4, -0.2) is 64.7 Å². The third kappa shape index (κ3) is 6.33. The zero-order chi connectivity index (χ0) is 23.4. The highest BCUT2D eigenvalue weighted by Gasteiger charge is 2.23. The third-order valence-corrected chi connectivity index (χ3v) is 6.41. The Hall–Kier alpha value is -2.44. The van der Waals surface area contributed by atoms with Gasteiger partial charge >= 0.3 is 0 Å². The molecular weight excluding hydrogens is 410 g/mol. The maximum atomic E-state index is 5.85. The van der Waals surface area contributed by atoms with E-state index in [2.05, 4.69) is 89.5 Å². The van der Waals surface area contributed by atoms with Gasteiger partial charge in [0.2, 0.25) is 0 Å². The maximum absolute atomic E-state index is 5.85. The van der Waals surface area contributed by atoms with Gasteiger partial charge in [-0.2, -0.15) is 0 Å². The standard InChI is InChI=1S/C27H39N5O/c1-27(2,3)19-32-24(16-23-17-28-20-29-26(23)32)18-31-12-10-22(11-13-31)21-6-8-25(9-7-21)33-15-14-30(4)5/h6-9,16-17,20,22H,10-15,18-19H2,1-5H3. The highest BCUT2D eigenvalue weighted by atomic mass is 16.5. The van der Waals surface area contributed by atoms with Crippen LogP contribution in [0.5, 0.6) is 5.75 Å². The molecule has 0 spiro atoms. The highest BCUT2D eigenvalue weighted by molar-refractivity contribution is 5.76. The summed E-state index contributed by atoms with van der Waals surface area (Å²) in [5.74, 6) is 1.59. The van der Waals surface area contributed by atoms with Gasteiger partial charge < -0.3 is 14.2 Å². The predicted molar refractivity (Wildman–Crippen MR) is 135 cm³/mol. The molecule has 0 aliphatic carbocycles. The molecule has 6 heteroatoms. The number of piperidine rings is 1. The monoisotopic (exact) mass is 449 g/mol. The van der Waals surface area contributed by atoms with Gasteiger partial charge in [0, 0.05) is 36.9 Å². The smallest absolute Gasteiger partial charge is 0.143 e. The summed E-state index contributed by atoms with van der Waals surface area (Å²) in [5.41, 5.74) is 4.03. The molecule has 3 heterocycles. The van der Waals surface area contributed by atoms with Crippen LogP contribution < -0.4 is 4.74 Å². The van der Waals surface area contributed by atoms with Gasteiger partial charge in [-0.3, -0.25) is 4.90 Å². The molecule has 1 fully saturated rings. The van der Waals surface area contributed by atoms with Crippen LogP contribution in [0, 0.1) is 5.41 Å². The average Bonchev–Trinajstić information content (AvgIpc) is 3.10. The highest BCUT2D eigenvalue weighted by Crippen LogP contribution is 2.31. The molecule has 1 aromatic carbocycles. The second-order valence-corrected chi connectivity index (χ2v) is 10.9. The molecule has 178 valence electrons. The summed E-state index contributed by atoms with van der Waals surface area (Å²) < 4.78 is 8.25. The van der Waals surface area contributed by atoms with E-state index in [-0.39, 0.29) is 5.41 Å². The van der Waals surface area contributed by atoms with Crippen LogP contribution >= 0.6 is 0 Å². The van der Waals surface area contributed by atoms with Crippen molar-refractivity contribution >= 4 is 11.0 Å². The number of fused-ring (bicyclic) bond motifs is 1. The number of benzene rings is 1. The summed E-state index contributed by atoms with van der Waals surface area (Å²) in [6.07, 6.45) is 5.99. The zero-order valence-electron chi connectivity index (χ0n) is 20.9. The van der Waals surface area contributed by atoms with Gasteiger partial charge in [-0.1, -0.05) is 32.9 Å². The lowest BCUT2D eigenvalue weighted by molar-refractivity contribution is 0.198. The summed E-state index contributed by atoms with van der Waals surface area (Å²) in [5, 5.41) is 1.14. The number of ether oxygens (including phenoxy) is 1. The first-order valence-corrected chi connectivity index (χ1v) is 12.2. The molecule has 6 nitrogen and oxygen atoms in total. The van der Waals surface area contributed by atoms with E-state index in [1.54, 1.807) is 6.33 Å². The van der Waals surface area contributed by atoms with E-state index >= 15 is 0 Å². The fourth-order valence-corrected chi connectivity index (χ4v) is 4.67. The average molecular weight is 450 g/mol. The van der Waals surface area contributed by atoms with Crippen LogP contribution in [-0.2, 0) is 13.1 Å². The van der Waals surface area contributed by atoms with Gasteiger partial charge in [0.05, 0.1) is 0 Å². The molecule has 0 radical (unpaired) electrons. The third-order valence-electron chi connectivity index (χ3n) is 6.41. The Morgan fingerprint density at radius 3 is 2.48 bits per heavy atom. The fourth-order valence-electron chi connectivity index (χ4n) is 4.67. The van der Waals surface area contributed by atoms with Gasteiger partial charge in [0.15, 0.2) is 0 Å². The van der Waals surface area contributed by atoms with E-state index in [0.717, 1.165) is 56.1 Å². The van der Waals surface area contributed by atoms with Crippen molar-refractivity contribution in [2.45, 2.75) is 52.6 Å². The molecule has 2 aromatic heterocycles. The molecule has 0 atom stereocenters. The first kappa shape index (κ1) is 23.7. The number of nitrogens with zero attached hydrogens (tertiary/aromatic N) is 5. The van der Waals surface area contributed by atoms with Gasteiger partial charge in [0.25, 0.3) is 0 Å². The van der Waals surface area contributed by atoms with Crippen molar-refractivity contribution in [2.24, 2.45) is 5.41 Å². The molecule has 33 heavy (non-hydrogen) atoms. The second-order valence-electron chi connectivity index (χ2n) is 10.9. The van der Waals surface area contributed by atoms with Crippen molar-refractivity contribution in [2.75, 3.05) is 40.3 Å². The molecule has 4 rings (SSSR count). The molecule has 3 aromatic rings. The molecule has 1 saturated heterocycles. The van der Waals surface area contributed by atoms with Crippen molar-refractivity contribution in [1.29, 1.82) is 0 Å². The number of hydrogen-bond donors (Lipinski definition) is 0. The number of likely N-dealkylation sites (N-methyl/N-ethyl adjacent to an activating group) is 1. The summed E-state index contributed by atoms with van der Waals surface area (Å²) >= 11 is 0. The normalized spacial score (nSPS) is 16.1. The topological polar surface area (TPSA) is 46.4 Å². The van der Waals surface area contributed by atoms with Crippen LogP contribution in [0.4, 0.5) is 0 Å². The van der Waals surface area contributed by atoms with Gasteiger partial charge in [-0.25, -0.2) is 9.97 Å². The largest absolute Gasteiger partial charge is 0.492 e. The number of rotatable bonds is 8. The number of hydrogen-bond acceptors (Lipinski definition) is 5. The Bertz CT molecular complexity index is 1030. The van der Waals surface area contributed by atoms with E-state index in [1.807, 2.05) is 6.20 Å². The van der Waals surface area contributed by atoms with Crippen LogP contribution in [0.2, 0.25) is 0 Å². The molecule has 0 bridgehead atoms. The van der Waals surface area contributed by atoms with Crippen molar-refractivity contribution in [3.63, 3.8) is 0 Å². The van der Waals surface area contributed by atoms with Crippen molar-refractivity contribution in [1.82, 2.24) is 24.3 Å². The minimum Gasteiger partial charge on any atom is -0.492 e.